The van der Waals surface area contributed by atoms with Crippen molar-refractivity contribution in [1.29, 1.82) is 0 Å². The van der Waals surface area contributed by atoms with Gasteiger partial charge >= 0.3 is 11.7 Å². The smallest absolute Gasteiger partial charge is 0.335 e. The lowest BCUT2D eigenvalue weighted by molar-refractivity contribution is -0.394. The van der Waals surface area contributed by atoms with E-state index in [0.29, 0.717) is 4.90 Å². The monoisotopic (exact) mass is 675 g/mol. The van der Waals surface area contributed by atoms with Gasteiger partial charge in [0.1, 0.15) is 5.57 Å². The van der Waals surface area contributed by atoms with Gasteiger partial charge in [0, 0.05) is 18.2 Å². The first-order valence-corrected chi connectivity index (χ1v) is 12.2. The molecule has 0 saturated carbocycles. The van der Waals surface area contributed by atoms with Crippen molar-refractivity contribution in [3.05, 3.63) is 105 Å². The summed E-state index contributed by atoms with van der Waals surface area (Å²) in [6.07, 6.45) is 1.18. The fraction of sp³-hybridized carbons (Fsp3) is 0. The first kappa shape index (κ1) is 28.0. The van der Waals surface area contributed by atoms with E-state index >= 15 is 0 Å². The molecule has 3 aromatic carbocycles. The molecule has 202 valence electrons. The van der Waals surface area contributed by atoms with Crippen LogP contribution in [0.3, 0.4) is 0 Å². The zero-order chi connectivity index (χ0) is 29.3. The number of hydrogen-bond donors (Lipinski definition) is 1. The molecular weight excluding hydrogens is 666 g/mol. The molecule has 4 rings (SSSR count). The maximum absolute atomic E-state index is 13.1. The number of nitrogens with one attached hydrogen (secondary N) is 1. The van der Waals surface area contributed by atoms with Crippen LogP contribution in [0, 0.1) is 30.3 Å². The number of amides is 4. The SMILES string of the molecule is O=C1NC(=O)N(c2ccc([N+](=O)[O-])cc2)C(=O)/C1=C/c1cc(Br)c(Oc2ccc([N+](=O)[O-])cc2[N+](=O)[O-])c(Br)c1. The molecule has 4 amide bonds. The van der Waals surface area contributed by atoms with Gasteiger partial charge in [-0.25, -0.2) is 9.69 Å². The van der Waals surface area contributed by atoms with Gasteiger partial charge in [0.2, 0.25) is 5.75 Å². The highest BCUT2D eigenvalue weighted by molar-refractivity contribution is 9.11. The Hall–Kier alpha value is -5.03. The fourth-order valence-corrected chi connectivity index (χ4v) is 4.88. The Morgan fingerprint density at radius 1 is 0.800 bits per heavy atom. The van der Waals surface area contributed by atoms with Crippen molar-refractivity contribution in [3.63, 3.8) is 0 Å². The number of carbonyl (C=O) groups is 3. The number of imide groups is 2. The van der Waals surface area contributed by atoms with Crippen LogP contribution in [-0.2, 0) is 9.59 Å². The standard InChI is InChI=1S/C23H11Br2N5O10/c24-16-8-11(9-17(25)20(16)40-19-6-5-14(29(36)37)10-18(19)30(38)39)7-15-21(31)26-23(33)27(22(15)32)12-1-3-13(4-2-12)28(34)35/h1-10H,(H,26,31,33)/b15-7+. The highest BCUT2D eigenvalue weighted by Gasteiger charge is 2.37. The van der Waals surface area contributed by atoms with Crippen molar-refractivity contribution in [3.8, 4) is 11.5 Å². The van der Waals surface area contributed by atoms with Crippen molar-refractivity contribution < 1.29 is 33.9 Å². The van der Waals surface area contributed by atoms with Crippen LogP contribution in [0.25, 0.3) is 6.08 Å². The predicted molar refractivity (Wildman–Crippen MR) is 144 cm³/mol. The summed E-state index contributed by atoms with van der Waals surface area (Å²) in [5.74, 6) is -2.22. The lowest BCUT2D eigenvalue weighted by Crippen LogP contribution is -2.54. The molecule has 1 saturated heterocycles. The molecule has 1 aliphatic rings. The number of nitro benzene ring substituents is 3. The molecule has 0 aliphatic carbocycles. The topological polar surface area (TPSA) is 205 Å². The Labute approximate surface area is 238 Å². The second-order valence-corrected chi connectivity index (χ2v) is 9.52. The molecule has 0 atom stereocenters. The van der Waals surface area contributed by atoms with Crippen molar-refractivity contribution in [2.45, 2.75) is 0 Å². The van der Waals surface area contributed by atoms with Gasteiger partial charge in [-0.05, 0) is 73.8 Å². The fourth-order valence-electron chi connectivity index (χ4n) is 3.50. The van der Waals surface area contributed by atoms with Gasteiger partial charge in [0.05, 0.1) is 35.5 Å². The van der Waals surface area contributed by atoms with Gasteiger partial charge in [-0.15, -0.1) is 0 Å². The molecule has 17 heteroatoms. The molecule has 1 heterocycles. The highest BCUT2D eigenvalue weighted by atomic mass is 79.9. The summed E-state index contributed by atoms with van der Waals surface area (Å²) in [6.45, 7) is 0. The van der Waals surface area contributed by atoms with Crippen molar-refractivity contribution >= 4 is 78.5 Å². The number of ether oxygens (including phenoxy) is 1. The molecular formula is C23H11Br2N5O10. The molecule has 3 aromatic rings. The number of anilines is 1. The van der Waals surface area contributed by atoms with Crippen molar-refractivity contribution in [2.24, 2.45) is 0 Å². The van der Waals surface area contributed by atoms with E-state index in [-0.39, 0.29) is 37.4 Å². The minimum atomic E-state index is -1.04. The summed E-state index contributed by atoms with van der Waals surface area (Å²) in [4.78, 5) is 69.7. The Bertz CT molecular complexity index is 1650. The lowest BCUT2D eigenvalue weighted by atomic mass is 10.1. The maximum Gasteiger partial charge on any atom is 0.335 e. The average Bonchev–Trinajstić information content (AvgIpc) is 2.88. The quantitative estimate of drug-likeness (QED) is 0.146. The summed E-state index contributed by atoms with van der Waals surface area (Å²) in [6, 6.07) is 9.19. The molecule has 0 aromatic heterocycles. The highest BCUT2D eigenvalue weighted by Crippen LogP contribution is 2.42. The molecule has 0 spiro atoms. The third-order valence-electron chi connectivity index (χ3n) is 5.31. The Morgan fingerprint density at radius 3 is 1.93 bits per heavy atom. The van der Waals surface area contributed by atoms with Crippen LogP contribution >= 0.6 is 31.9 Å². The number of non-ortho nitro benzene ring substituents is 2. The summed E-state index contributed by atoms with van der Waals surface area (Å²) in [5.41, 5.74) is -1.61. The van der Waals surface area contributed by atoms with Gasteiger partial charge in [0.25, 0.3) is 23.2 Å². The second-order valence-electron chi connectivity index (χ2n) is 7.81. The Kier molecular flexibility index (Phi) is 7.69. The molecule has 1 fully saturated rings. The van der Waals surface area contributed by atoms with E-state index in [2.05, 4.69) is 31.9 Å². The van der Waals surface area contributed by atoms with E-state index in [1.807, 2.05) is 5.32 Å². The van der Waals surface area contributed by atoms with Crippen molar-refractivity contribution in [1.82, 2.24) is 5.32 Å². The van der Waals surface area contributed by atoms with Crippen LogP contribution < -0.4 is 15.0 Å². The zero-order valence-electron chi connectivity index (χ0n) is 19.4. The molecule has 0 bridgehead atoms. The minimum absolute atomic E-state index is 0.0118. The number of barbiturate groups is 1. The van der Waals surface area contributed by atoms with Crippen molar-refractivity contribution in [2.75, 3.05) is 4.90 Å². The van der Waals surface area contributed by atoms with E-state index in [1.54, 1.807) is 0 Å². The number of carbonyl (C=O) groups excluding carboxylic acids is 3. The van der Waals surface area contributed by atoms with Crippen LogP contribution in [0.4, 0.5) is 27.5 Å². The zero-order valence-corrected chi connectivity index (χ0v) is 22.6. The predicted octanol–water partition coefficient (Wildman–Crippen LogP) is 5.39. The first-order chi connectivity index (χ1) is 18.9. The number of nitrogens with zero attached hydrogens (tertiary/aromatic N) is 4. The van der Waals surface area contributed by atoms with Gasteiger partial charge in [-0.2, -0.15) is 0 Å². The summed E-state index contributed by atoms with van der Waals surface area (Å²) in [7, 11) is 0. The second kappa shape index (κ2) is 11.0. The first-order valence-electron chi connectivity index (χ1n) is 10.6. The summed E-state index contributed by atoms with van der Waals surface area (Å²) in [5, 5.41) is 35.4. The molecule has 15 nitrogen and oxygen atoms in total. The number of urea groups is 1. The summed E-state index contributed by atoms with van der Waals surface area (Å²) < 4.78 is 6.08. The van der Waals surface area contributed by atoms with Crippen LogP contribution in [0.1, 0.15) is 5.56 Å². The third kappa shape index (κ3) is 5.54. The largest absolute Gasteiger partial charge is 0.448 e. The number of rotatable bonds is 7. The van der Waals surface area contributed by atoms with Gasteiger partial charge in [-0.1, -0.05) is 0 Å². The molecule has 40 heavy (non-hydrogen) atoms. The van der Waals surface area contributed by atoms with Gasteiger partial charge < -0.3 is 4.74 Å². The number of halogens is 2. The molecule has 0 radical (unpaired) electrons. The van der Waals surface area contributed by atoms with Crippen LogP contribution in [0.5, 0.6) is 11.5 Å². The Morgan fingerprint density at radius 2 is 1.38 bits per heavy atom. The van der Waals surface area contributed by atoms with E-state index < -0.39 is 49.6 Å². The summed E-state index contributed by atoms with van der Waals surface area (Å²) >= 11 is 6.52. The number of hydrogen-bond acceptors (Lipinski definition) is 10. The van der Waals surface area contributed by atoms with E-state index in [0.717, 1.165) is 30.3 Å². The van der Waals surface area contributed by atoms with E-state index in [1.165, 1.54) is 30.3 Å². The normalized spacial score (nSPS) is 14.2. The molecule has 1 aliphatic heterocycles. The van der Waals surface area contributed by atoms with E-state index in [4.69, 9.17) is 4.74 Å². The third-order valence-corrected chi connectivity index (χ3v) is 6.49. The average molecular weight is 677 g/mol. The van der Waals surface area contributed by atoms with Crippen LogP contribution in [0.2, 0.25) is 0 Å². The van der Waals surface area contributed by atoms with Crippen LogP contribution in [-0.4, -0.2) is 32.6 Å². The van der Waals surface area contributed by atoms with Gasteiger partial charge in [0.15, 0.2) is 5.75 Å². The number of nitro groups is 3. The molecule has 0 unspecified atom stereocenters. The molecule has 1 N–H and O–H groups in total. The maximum atomic E-state index is 13.1. The van der Waals surface area contributed by atoms with E-state index in [9.17, 15) is 44.7 Å². The number of benzene rings is 3. The lowest BCUT2D eigenvalue weighted by Gasteiger charge is -2.26. The van der Waals surface area contributed by atoms with Gasteiger partial charge in [-0.3, -0.25) is 45.2 Å². The minimum Gasteiger partial charge on any atom is -0.448 e. The van der Waals surface area contributed by atoms with Crippen LogP contribution in [0.15, 0.2) is 69.1 Å². The Balaban J connectivity index is 1.67.